The van der Waals surface area contributed by atoms with E-state index in [4.69, 9.17) is 11.6 Å². The maximum Gasteiger partial charge on any atom is 0.235 e. The van der Waals surface area contributed by atoms with Gasteiger partial charge in [-0.05, 0) is 4.90 Å². The molecule has 0 aliphatic rings. The first kappa shape index (κ1) is 6.35. The van der Waals surface area contributed by atoms with Crippen LogP contribution in [-0.2, 0) is 5.88 Å². The first-order valence-corrected chi connectivity index (χ1v) is 2.90. The Morgan fingerprint density at radius 1 is 1.89 bits per heavy atom. The molecule has 1 aromatic heterocycles. The Labute approximate surface area is 56.6 Å². The van der Waals surface area contributed by atoms with Gasteiger partial charge in [-0.3, -0.25) is 4.63 Å². The van der Waals surface area contributed by atoms with E-state index < -0.39 is 0 Å². The molecule has 50 valence electrons. The van der Waals surface area contributed by atoms with E-state index in [2.05, 4.69) is 9.79 Å². The second-order valence-electron chi connectivity index (χ2n) is 1.60. The summed E-state index contributed by atoms with van der Waals surface area (Å²) in [6, 6.07) is 0. The molecular formula is C4H5ClN2O2. The van der Waals surface area contributed by atoms with Gasteiger partial charge in [0.2, 0.25) is 5.69 Å². The Bertz CT molecular complexity index is 210. The summed E-state index contributed by atoms with van der Waals surface area (Å²) < 4.78 is 4.21. The van der Waals surface area contributed by atoms with Crippen LogP contribution in [0.1, 0.15) is 11.4 Å². The van der Waals surface area contributed by atoms with Gasteiger partial charge in [-0.2, -0.15) is 0 Å². The zero-order chi connectivity index (χ0) is 6.85. The van der Waals surface area contributed by atoms with Gasteiger partial charge >= 0.3 is 0 Å². The third-order valence-corrected chi connectivity index (χ3v) is 1.30. The summed E-state index contributed by atoms with van der Waals surface area (Å²) in [5, 5.41) is 13.8. The molecule has 0 aliphatic heterocycles. The molecular weight excluding hydrogens is 144 g/mol. The van der Waals surface area contributed by atoms with Gasteiger partial charge in [0.1, 0.15) is 0 Å². The molecule has 0 amide bonds. The standard InChI is InChI=1S/C4H5ClN2O2/c1-3-4(2-5)6-9-7(3)8/h2H2,1H3. The number of hydrogen-bond acceptors (Lipinski definition) is 3. The molecule has 0 aromatic carbocycles. The molecule has 0 fully saturated rings. The van der Waals surface area contributed by atoms with Crippen LogP contribution in [0.5, 0.6) is 0 Å². The van der Waals surface area contributed by atoms with Crippen LogP contribution in [0.25, 0.3) is 0 Å². The Balaban J connectivity index is 3.04. The molecule has 5 heteroatoms. The molecule has 0 atom stereocenters. The van der Waals surface area contributed by atoms with Crippen LogP contribution in [0.3, 0.4) is 0 Å². The van der Waals surface area contributed by atoms with Gasteiger partial charge in [-0.1, -0.05) is 0 Å². The molecule has 4 nitrogen and oxygen atoms in total. The van der Waals surface area contributed by atoms with Crippen molar-refractivity contribution in [3.8, 4) is 0 Å². The van der Waals surface area contributed by atoms with Gasteiger partial charge in [0.05, 0.1) is 5.88 Å². The van der Waals surface area contributed by atoms with Crippen molar-refractivity contribution in [1.29, 1.82) is 0 Å². The van der Waals surface area contributed by atoms with E-state index in [9.17, 15) is 5.21 Å². The van der Waals surface area contributed by atoms with Crippen LogP contribution >= 0.6 is 11.6 Å². The molecule has 1 rings (SSSR count). The molecule has 0 spiro atoms. The maximum absolute atomic E-state index is 10.4. The molecule has 0 saturated heterocycles. The van der Waals surface area contributed by atoms with Crippen LogP contribution in [-0.4, -0.2) is 5.16 Å². The second kappa shape index (κ2) is 2.23. The molecule has 9 heavy (non-hydrogen) atoms. The lowest BCUT2D eigenvalue weighted by molar-refractivity contribution is -0.806. The molecule has 1 heterocycles. The maximum atomic E-state index is 10.4. The molecule has 0 N–H and O–H groups in total. The summed E-state index contributed by atoms with van der Waals surface area (Å²) in [4.78, 5) is 0.331. The van der Waals surface area contributed by atoms with Crippen molar-refractivity contribution in [3.05, 3.63) is 16.6 Å². The smallest absolute Gasteiger partial charge is 0.235 e. The summed E-state index contributed by atoms with van der Waals surface area (Å²) >= 11 is 5.37. The number of alkyl halides is 1. The number of nitrogens with zero attached hydrogens (tertiary/aromatic N) is 2. The Hall–Kier alpha value is -0.770. The highest BCUT2D eigenvalue weighted by Gasteiger charge is 2.10. The number of hydrogen-bond donors (Lipinski definition) is 0. The topological polar surface area (TPSA) is 53.0 Å². The Kier molecular flexibility index (Phi) is 1.57. The monoisotopic (exact) mass is 148 g/mol. The molecule has 0 saturated carbocycles. The fourth-order valence-corrected chi connectivity index (χ4v) is 0.682. The molecule has 0 bridgehead atoms. The van der Waals surface area contributed by atoms with Crippen LogP contribution < -0.4 is 4.90 Å². The fourth-order valence-electron chi connectivity index (χ4n) is 0.440. The van der Waals surface area contributed by atoms with E-state index in [-0.39, 0.29) is 5.88 Å². The zero-order valence-corrected chi connectivity index (χ0v) is 5.55. The van der Waals surface area contributed by atoms with Crippen LogP contribution in [0.4, 0.5) is 0 Å². The van der Waals surface area contributed by atoms with Crippen molar-refractivity contribution >= 4 is 11.6 Å². The Morgan fingerprint density at radius 2 is 2.56 bits per heavy atom. The van der Waals surface area contributed by atoms with Gasteiger partial charge in [0.25, 0.3) is 0 Å². The number of rotatable bonds is 1. The van der Waals surface area contributed by atoms with Crippen LogP contribution in [0.15, 0.2) is 4.63 Å². The van der Waals surface area contributed by atoms with Gasteiger partial charge in [-0.25, -0.2) is 0 Å². The normalized spacial score (nSPS) is 10.0. The van der Waals surface area contributed by atoms with E-state index >= 15 is 0 Å². The third-order valence-electron chi connectivity index (χ3n) is 1.04. The summed E-state index contributed by atoms with van der Waals surface area (Å²) in [5.41, 5.74) is 0.914. The molecule has 0 aliphatic carbocycles. The lowest BCUT2D eigenvalue weighted by Crippen LogP contribution is -2.25. The van der Waals surface area contributed by atoms with Gasteiger partial charge < -0.3 is 5.21 Å². The minimum atomic E-state index is 0.213. The van der Waals surface area contributed by atoms with E-state index in [1.807, 2.05) is 0 Å². The summed E-state index contributed by atoms with van der Waals surface area (Å²) in [7, 11) is 0. The van der Waals surface area contributed by atoms with Gasteiger partial charge in [0.15, 0.2) is 5.69 Å². The average molecular weight is 149 g/mol. The summed E-state index contributed by atoms with van der Waals surface area (Å²) in [6.07, 6.45) is 0. The molecule has 1 aromatic rings. The van der Waals surface area contributed by atoms with Crippen molar-refractivity contribution in [2.24, 2.45) is 0 Å². The van der Waals surface area contributed by atoms with E-state index in [0.29, 0.717) is 16.3 Å². The third kappa shape index (κ3) is 0.977. The fraction of sp³-hybridized carbons (Fsp3) is 0.500. The average Bonchev–Trinajstić information content (AvgIpc) is 2.15. The number of halogens is 1. The van der Waals surface area contributed by atoms with Crippen molar-refractivity contribution in [3.63, 3.8) is 0 Å². The van der Waals surface area contributed by atoms with Crippen LogP contribution in [0, 0.1) is 12.1 Å². The minimum Gasteiger partial charge on any atom is -0.359 e. The van der Waals surface area contributed by atoms with E-state index in [1.165, 1.54) is 0 Å². The highest BCUT2D eigenvalue weighted by molar-refractivity contribution is 6.16. The van der Waals surface area contributed by atoms with Gasteiger partial charge in [-0.15, -0.1) is 11.6 Å². The van der Waals surface area contributed by atoms with E-state index in [0.717, 1.165) is 0 Å². The second-order valence-corrected chi connectivity index (χ2v) is 1.86. The highest BCUT2D eigenvalue weighted by atomic mass is 35.5. The first-order valence-electron chi connectivity index (χ1n) is 2.37. The first-order chi connectivity index (χ1) is 4.25. The summed E-state index contributed by atoms with van der Waals surface area (Å²) in [6.45, 7) is 1.60. The number of aromatic nitrogens is 2. The van der Waals surface area contributed by atoms with Crippen molar-refractivity contribution in [1.82, 2.24) is 5.16 Å². The predicted molar refractivity (Wildman–Crippen MR) is 29.8 cm³/mol. The summed E-state index contributed by atoms with van der Waals surface area (Å²) in [5.74, 6) is 0.213. The lowest BCUT2D eigenvalue weighted by atomic mass is 10.4. The SMILES string of the molecule is Cc1c(CCl)no[n+]1[O-]. The molecule has 0 unspecified atom stereocenters. The largest absolute Gasteiger partial charge is 0.359 e. The lowest BCUT2D eigenvalue weighted by Gasteiger charge is -1.83. The Morgan fingerprint density at radius 3 is 2.78 bits per heavy atom. The molecule has 0 radical (unpaired) electrons. The van der Waals surface area contributed by atoms with Crippen molar-refractivity contribution < 1.29 is 9.53 Å². The predicted octanol–water partition coefficient (Wildman–Crippen LogP) is 0.355. The van der Waals surface area contributed by atoms with Crippen molar-refractivity contribution in [2.75, 3.05) is 0 Å². The quantitative estimate of drug-likeness (QED) is 0.427. The minimum absolute atomic E-state index is 0.213. The highest BCUT2D eigenvalue weighted by Crippen LogP contribution is 2.00. The van der Waals surface area contributed by atoms with Crippen LogP contribution in [0.2, 0.25) is 0 Å². The van der Waals surface area contributed by atoms with E-state index in [1.54, 1.807) is 6.92 Å². The van der Waals surface area contributed by atoms with Crippen molar-refractivity contribution in [2.45, 2.75) is 12.8 Å². The zero-order valence-electron chi connectivity index (χ0n) is 4.80. The van der Waals surface area contributed by atoms with Gasteiger partial charge in [0, 0.05) is 12.1 Å².